The topological polar surface area (TPSA) is 101 Å². The number of halogens is 4. The summed E-state index contributed by atoms with van der Waals surface area (Å²) in [6.45, 7) is 0. The van der Waals surface area contributed by atoms with Crippen molar-refractivity contribution < 1.29 is 27.7 Å². The number of nitrogens with zero attached hydrogens (tertiary/aromatic N) is 1. The molecule has 0 aromatic heterocycles. The second-order valence-corrected chi connectivity index (χ2v) is 5.31. The first-order valence-electron chi connectivity index (χ1n) is 6.81. The fourth-order valence-corrected chi connectivity index (χ4v) is 2.07. The normalized spacial score (nSPS) is 10.9. The van der Waals surface area contributed by atoms with E-state index in [1.54, 1.807) is 0 Å². The molecule has 0 atom stereocenters. The Labute approximate surface area is 148 Å². The van der Waals surface area contributed by atoms with Gasteiger partial charge < -0.3 is 0 Å². The van der Waals surface area contributed by atoms with Crippen molar-refractivity contribution in [1.29, 1.82) is 0 Å². The number of hydrazine groups is 1. The van der Waals surface area contributed by atoms with E-state index in [0.717, 1.165) is 30.3 Å². The van der Waals surface area contributed by atoms with Gasteiger partial charge in [0.15, 0.2) is 0 Å². The Kier molecular flexibility index (Phi) is 5.46. The number of alkyl halides is 3. The van der Waals surface area contributed by atoms with Crippen molar-refractivity contribution in [2.24, 2.45) is 0 Å². The highest BCUT2D eigenvalue weighted by Gasteiger charge is 2.30. The number of nitrogens with one attached hydrogen (secondary N) is 2. The molecule has 0 unspecified atom stereocenters. The third-order valence-electron chi connectivity index (χ3n) is 3.17. The Bertz CT molecular complexity index is 869. The quantitative estimate of drug-likeness (QED) is 0.623. The minimum absolute atomic E-state index is 0.0862. The third-order valence-corrected chi connectivity index (χ3v) is 3.50. The Balaban J connectivity index is 2.06. The molecule has 2 N–H and O–H groups in total. The first-order valence-corrected chi connectivity index (χ1v) is 7.19. The number of rotatable bonds is 3. The molecule has 0 fully saturated rings. The van der Waals surface area contributed by atoms with E-state index in [0.29, 0.717) is 12.1 Å². The molecule has 0 radical (unpaired) electrons. The molecule has 2 aromatic carbocycles. The van der Waals surface area contributed by atoms with Crippen molar-refractivity contribution in [2.45, 2.75) is 6.18 Å². The van der Waals surface area contributed by atoms with Crippen molar-refractivity contribution in [3.05, 3.63) is 74.3 Å². The minimum atomic E-state index is -4.54. The molecule has 0 aliphatic carbocycles. The zero-order valence-corrected chi connectivity index (χ0v) is 13.4. The summed E-state index contributed by atoms with van der Waals surface area (Å²) in [5, 5.41) is 10.6. The Hall–Kier alpha value is -3.14. The monoisotopic (exact) mass is 387 g/mol. The van der Waals surface area contributed by atoms with Crippen LogP contribution in [0, 0.1) is 10.1 Å². The molecule has 2 rings (SSSR count). The molecule has 2 amide bonds. The fourth-order valence-electron chi connectivity index (χ4n) is 1.86. The van der Waals surface area contributed by atoms with Gasteiger partial charge in [-0.15, -0.1) is 0 Å². The van der Waals surface area contributed by atoms with Crippen LogP contribution in [0.1, 0.15) is 26.3 Å². The molecule has 7 nitrogen and oxygen atoms in total. The Morgan fingerprint density at radius 3 is 2.12 bits per heavy atom. The molecule has 136 valence electrons. The van der Waals surface area contributed by atoms with Gasteiger partial charge in [-0.2, -0.15) is 13.2 Å². The highest BCUT2D eigenvalue weighted by molar-refractivity contribution is 6.34. The molecule has 0 heterocycles. The van der Waals surface area contributed by atoms with Gasteiger partial charge >= 0.3 is 6.18 Å². The van der Waals surface area contributed by atoms with Gasteiger partial charge in [-0.25, -0.2) is 0 Å². The van der Waals surface area contributed by atoms with Gasteiger partial charge in [-0.1, -0.05) is 11.6 Å². The zero-order chi connectivity index (χ0) is 19.5. The van der Waals surface area contributed by atoms with E-state index in [1.807, 2.05) is 10.9 Å². The van der Waals surface area contributed by atoms with E-state index in [9.17, 15) is 32.9 Å². The number of nitro groups is 1. The first kappa shape index (κ1) is 19.2. The van der Waals surface area contributed by atoms with Crippen LogP contribution in [0.3, 0.4) is 0 Å². The number of amides is 2. The molecule has 0 aliphatic rings. The maximum Gasteiger partial charge on any atom is 0.416 e. The summed E-state index contributed by atoms with van der Waals surface area (Å²) in [6, 6.07) is 6.46. The fraction of sp³-hybridized carbons (Fsp3) is 0.0667. The van der Waals surface area contributed by atoms with E-state index < -0.39 is 28.5 Å². The summed E-state index contributed by atoms with van der Waals surface area (Å²) in [5.41, 5.74) is 2.26. The summed E-state index contributed by atoms with van der Waals surface area (Å²) >= 11 is 5.79. The van der Waals surface area contributed by atoms with Crippen LogP contribution < -0.4 is 10.9 Å². The molecule has 0 spiro atoms. The van der Waals surface area contributed by atoms with E-state index >= 15 is 0 Å². The number of carbonyl (C=O) groups is 2. The van der Waals surface area contributed by atoms with Gasteiger partial charge in [0.25, 0.3) is 17.5 Å². The van der Waals surface area contributed by atoms with Crippen molar-refractivity contribution in [3.63, 3.8) is 0 Å². The van der Waals surface area contributed by atoms with E-state index in [1.165, 1.54) is 0 Å². The van der Waals surface area contributed by atoms with Crippen LogP contribution in [0.5, 0.6) is 0 Å². The lowest BCUT2D eigenvalue weighted by Crippen LogP contribution is -2.41. The molecular formula is C15H9ClF3N3O4. The molecule has 0 bridgehead atoms. The Morgan fingerprint density at radius 1 is 1.00 bits per heavy atom. The summed E-state index contributed by atoms with van der Waals surface area (Å²) in [7, 11) is 0. The van der Waals surface area contributed by atoms with Crippen LogP contribution in [0.15, 0.2) is 42.5 Å². The first-order chi connectivity index (χ1) is 12.1. The predicted octanol–water partition coefficient (Wildman–Crippen LogP) is 3.34. The van der Waals surface area contributed by atoms with Crippen molar-refractivity contribution in [1.82, 2.24) is 10.9 Å². The summed E-state index contributed by atoms with van der Waals surface area (Å²) < 4.78 is 37.4. The van der Waals surface area contributed by atoms with Gasteiger partial charge in [-0.05, 0) is 30.3 Å². The summed E-state index contributed by atoms with van der Waals surface area (Å²) in [4.78, 5) is 33.8. The van der Waals surface area contributed by atoms with E-state index in [2.05, 4.69) is 0 Å². The molecule has 2 aromatic rings. The highest BCUT2D eigenvalue weighted by atomic mass is 35.5. The summed E-state index contributed by atoms with van der Waals surface area (Å²) in [6.07, 6.45) is -4.54. The number of benzene rings is 2. The SMILES string of the molecule is O=C(NNC(=O)c1cc([N+](=O)[O-])ccc1Cl)c1ccc(C(F)(F)F)cc1. The standard InChI is InChI=1S/C15H9ClF3N3O4/c16-12-6-5-10(22(25)26)7-11(12)14(24)21-20-13(23)8-1-3-9(4-2-8)15(17,18)19/h1-7H,(H,20,23)(H,21,24). The smallest absolute Gasteiger partial charge is 0.267 e. The highest BCUT2D eigenvalue weighted by Crippen LogP contribution is 2.29. The number of non-ortho nitro benzene ring substituents is 1. The molecule has 0 saturated carbocycles. The van der Waals surface area contributed by atoms with Crippen LogP contribution in [0.4, 0.5) is 18.9 Å². The predicted molar refractivity (Wildman–Crippen MR) is 84.5 cm³/mol. The molecule has 11 heteroatoms. The Morgan fingerprint density at radius 2 is 1.58 bits per heavy atom. The number of nitro benzene ring substituents is 1. The second-order valence-electron chi connectivity index (χ2n) is 4.90. The zero-order valence-electron chi connectivity index (χ0n) is 12.6. The molecule has 26 heavy (non-hydrogen) atoms. The van der Waals surface area contributed by atoms with Gasteiger partial charge in [0, 0.05) is 17.7 Å². The van der Waals surface area contributed by atoms with Crippen LogP contribution in [-0.4, -0.2) is 16.7 Å². The average molecular weight is 388 g/mol. The van der Waals surface area contributed by atoms with E-state index in [4.69, 9.17) is 11.6 Å². The van der Waals surface area contributed by atoms with Crippen LogP contribution in [-0.2, 0) is 6.18 Å². The molecule has 0 aliphatic heterocycles. The maximum absolute atomic E-state index is 12.5. The van der Waals surface area contributed by atoms with Crippen LogP contribution >= 0.6 is 11.6 Å². The lowest BCUT2D eigenvalue weighted by Gasteiger charge is -2.10. The van der Waals surface area contributed by atoms with Crippen LogP contribution in [0.25, 0.3) is 0 Å². The number of hydrogen-bond acceptors (Lipinski definition) is 4. The number of carbonyl (C=O) groups excluding carboxylic acids is 2. The molecule has 0 saturated heterocycles. The minimum Gasteiger partial charge on any atom is -0.267 e. The third kappa shape index (κ3) is 4.48. The van der Waals surface area contributed by atoms with Gasteiger partial charge in [-0.3, -0.25) is 30.6 Å². The second kappa shape index (κ2) is 7.40. The lowest BCUT2D eigenvalue weighted by molar-refractivity contribution is -0.384. The van der Waals surface area contributed by atoms with Gasteiger partial charge in [0.2, 0.25) is 0 Å². The van der Waals surface area contributed by atoms with Gasteiger partial charge in [0.1, 0.15) is 0 Å². The number of hydrogen-bond donors (Lipinski definition) is 2. The van der Waals surface area contributed by atoms with Crippen LogP contribution in [0.2, 0.25) is 5.02 Å². The van der Waals surface area contributed by atoms with Crippen molar-refractivity contribution >= 4 is 29.1 Å². The largest absolute Gasteiger partial charge is 0.416 e. The van der Waals surface area contributed by atoms with E-state index in [-0.39, 0.29) is 21.8 Å². The van der Waals surface area contributed by atoms with Gasteiger partial charge in [0.05, 0.1) is 21.1 Å². The van der Waals surface area contributed by atoms with Crippen molar-refractivity contribution in [3.8, 4) is 0 Å². The van der Waals surface area contributed by atoms with Crippen molar-refractivity contribution in [2.75, 3.05) is 0 Å². The molecular weight excluding hydrogens is 379 g/mol. The summed E-state index contributed by atoms with van der Waals surface area (Å²) in [5.74, 6) is -1.81. The average Bonchev–Trinajstić information content (AvgIpc) is 2.58. The maximum atomic E-state index is 12.5. The lowest BCUT2D eigenvalue weighted by atomic mass is 10.1.